The molecule has 2 amide bonds. The van der Waals surface area contributed by atoms with Crippen LogP contribution >= 0.6 is 11.3 Å². The van der Waals surface area contributed by atoms with Gasteiger partial charge in [0.25, 0.3) is 0 Å². The molecule has 2 aromatic heterocycles. The van der Waals surface area contributed by atoms with E-state index in [2.05, 4.69) is 58.7 Å². The van der Waals surface area contributed by atoms with Crippen molar-refractivity contribution < 1.29 is 9.53 Å². The van der Waals surface area contributed by atoms with Crippen LogP contribution in [0.25, 0.3) is 21.5 Å². The minimum atomic E-state index is -0.0917. The zero-order valence-electron chi connectivity index (χ0n) is 17.9. The second kappa shape index (κ2) is 9.81. The molecule has 0 saturated carbocycles. The normalized spacial score (nSPS) is 11.0. The van der Waals surface area contributed by atoms with Crippen LogP contribution in [0.1, 0.15) is 11.1 Å². The number of carbonyl (C=O) groups excluding carboxylic acids is 1. The highest BCUT2D eigenvalue weighted by Crippen LogP contribution is 2.36. The molecule has 0 bridgehead atoms. The van der Waals surface area contributed by atoms with Gasteiger partial charge in [0.15, 0.2) is 0 Å². The van der Waals surface area contributed by atoms with Crippen LogP contribution in [-0.4, -0.2) is 35.8 Å². The minimum absolute atomic E-state index is 0.0917. The Morgan fingerprint density at radius 1 is 1.06 bits per heavy atom. The van der Waals surface area contributed by atoms with Gasteiger partial charge in [-0.3, -0.25) is 0 Å². The van der Waals surface area contributed by atoms with Crippen LogP contribution in [0.2, 0.25) is 0 Å². The van der Waals surface area contributed by atoms with Crippen LogP contribution in [0.5, 0.6) is 0 Å². The summed E-state index contributed by atoms with van der Waals surface area (Å²) < 4.78 is 7.52. The summed E-state index contributed by atoms with van der Waals surface area (Å²) in [6.45, 7) is 2.01. The maximum atomic E-state index is 13.1. The fourth-order valence-electron chi connectivity index (χ4n) is 3.89. The lowest BCUT2D eigenvalue weighted by Crippen LogP contribution is -2.41. The predicted molar refractivity (Wildman–Crippen MR) is 127 cm³/mol. The number of aryl methyl sites for hydroxylation is 1. The molecule has 0 spiro atoms. The molecule has 0 atom stereocenters. The second-order valence-corrected chi connectivity index (χ2v) is 8.39. The molecule has 0 radical (unpaired) electrons. The van der Waals surface area contributed by atoms with Crippen LogP contribution in [-0.2, 0) is 24.9 Å². The second-order valence-electron chi connectivity index (χ2n) is 7.44. The van der Waals surface area contributed by atoms with Gasteiger partial charge in [0.2, 0.25) is 0 Å². The van der Waals surface area contributed by atoms with Gasteiger partial charge in [-0.25, -0.2) is 4.79 Å². The van der Waals surface area contributed by atoms with E-state index in [4.69, 9.17) is 4.74 Å². The molecule has 2 aromatic carbocycles. The first-order chi connectivity index (χ1) is 15.2. The van der Waals surface area contributed by atoms with E-state index in [9.17, 15) is 4.79 Å². The summed E-state index contributed by atoms with van der Waals surface area (Å²) in [4.78, 5) is 16.2. The van der Waals surface area contributed by atoms with Gasteiger partial charge >= 0.3 is 6.03 Å². The topological polar surface area (TPSA) is 46.5 Å². The first-order valence-corrected chi connectivity index (χ1v) is 11.2. The molecule has 160 valence electrons. The number of nitrogens with zero attached hydrogens (tertiary/aromatic N) is 2. The quantitative estimate of drug-likeness (QED) is 0.412. The van der Waals surface area contributed by atoms with Crippen molar-refractivity contribution in [1.29, 1.82) is 0 Å². The lowest BCUT2D eigenvalue weighted by Gasteiger charge is -2.23. The third-order valence-electron chi connectivity index (χ3n) is 5.45. The molecule has 1 N–H and O–H groups in total. The van der Waals surface area contributed by atoms with Gasteiger partial charge in [0.05, 0.1) is 23.7 Å². The van der Waals surface area contributed by atoms with Crippen molar-refractivity contribution in [2.24, 2.45) is 7.05 Å². The molecule has 0 saturated heterocycles. The number of amides is 2. The first kappa shape index (κ1) is 21.2. The molecule has 31 heavy (non-hydrogen) atoms. The summed E-state index contributed by atoms with van der Waals surface area (Å²) in [6, 6.07) is 22.4. The number of hydrogen-bond acceptors (Lipinski definition) is 3. The number of methoxy groups -OCH3 is 1. The van der Waals surface area contributed by atoms with Crippen molar-refractivity contribution in [1.82, 2.24) is 14.8 Å². The van der Waals surface area contributed by atoms with Gasteiger partial charge in [-0.05, 0) is 23.1 Å². The van der Waals surface area contributed by atoms with Crippen LogP contribution < -0.4 is 5.32 Å². The molecular weight excluding hydrogens is 406 g/mol. The van der Waals surface area contributed by atoms with E-state index in [1.807, 2.05) is 35.2 Å². The van der Waals surface area contributed by atoms with Gasteiger partial charge in [-0.15, -0.1) is 11.3 Å². The molecule has 5 nitrogen and oxygen atoms in total. The molecular formula is C25H27N3O2S. The number of nitrogens with one attached hydrogen (secondary N) is 1. The Kier molecular flexibility index (Phi) is 6.70. The maximum absolute atomic E-state index is 13.1. The number of ether oxygens (including phenoxy) is 1. The van der Waals surface area contributed by atoms with E-state index in [1.165, 1.54) is 10.3 Å². The standard InChI is InChI=1S/C25H27N3O2S/c1-27-22-12-7-6-11-20(22)21(24(27)23-13-8-16-31-23)18-28(14-15-30-2)25(29)26-17-19-9-4-3-5-10-19/h3-13,16H,14-15,17-18H2,1-2H3,(H,26,29). The molecule has 4 rings (SSSR count). The number of aromatic nitrogens is 1. The molecule has 0 fully saturated rings. The average molecular weight is 434 g/mol. The zero-order chi connectivity index (χ0) is 21.6. The number of para-hydroxylation sites is 1. The Bertz CT molecular complexity index is 1140. The monoisotopic (exact) mass is 433 g/mol. The molecule has 0 aliphatic carbocycles. The molecule has 0 unspecified atom stereocenters. The number of urea groups is 1. The van der Waals surface area contributed by atoms with Gasteiger partial charge in [0.1, 0.15) is 0 Å². The van der Waals surface area contributed by atoms with Gasteiger partial charge in [0, 0.05) is 43.7 Å². The lowest BCUT2D eigenvalue weighted by atomic mass is 10.1. The summed E-state index contributed by atoms with van der Waals surface area (Å²) in [7, 11) is 3.75. The van der Waals surface area contributed by atoms with E-state index in [0.29, 0.717) is 26.2 Å². The van der Waals surface area contributed by atoms with Crippen molar-refractivity contribution >= 4 is 28.3 Å². The predicted octanol–water partition coefficient (Wildman–Crippen LogP) is 5.27. The molecule has 0 aliphatic heterocycles. The maximum Gasteiger partial charge on any atom is 0.318 e. The molecule has 6 heteroatoms. The van der Waals surface area contributed by atoms with Gasteiger partial charge < -0.3 is 19.5 Å². The average Bonchev–Trinajstić information content (AvgIpc) is 3.42. The lowest BCUT2D eigenvalue weighted by molar-refractivity contribution is 0.146. The van der Waals surface area contributed by atoms with Crippen molar-refractivity contribution in [3.8, 4) is 10.6 Å². The third kappa shape index (κ3) is 4.65. The number of fused-ring (bicyclic) bond motifs is 1. The summed E-state index contributed by atoms with van der Waals surface area (Å²) in [5.74, 6) is 0. The summed E-state index contributed by atoms with van der Waals surface area (Å²) in [5.41, 5.74) is 4.56. The Balaban J connectivity index is 1.65. The Morgan fingerprint density at radius 3 is 2.58 bits per heavy atom. The minimum Gasteiger partial charge on any atom is -0.383 e. The fourth-order valence-corrected chi connectivity index (χ4v) is 4.72. The van der Waals surface area contributed by atoms with Gasteiger partial charge in [-0.1, -0.05) is 54.6 Å². The third-order valence-corrected chi connectivity index (χ3v) is 6.33. The van der Waals surface area contributed by atoms with Crippen LogP contribution in [0.3, 0.4) is 0 Å². The number of carbonyl (C=O) groups is 1. The highest BCUT2D eigenvalue weighted by atomic mass is 32.1. The van der Waals surface area contributed by atoms with E-state index >= 15 is 0 Å². The molecule has 4 aromatic rings. The van der Waals surface area contributed by atoms with Crippen LogP contribution in [0, 0.1) is 0 Å². The first-order valence-electron chi connectivity index (χ1n) is 10.3. The molecule has 0 aliphatic rings. The number of rotatable bonds is 8. The largest absolute Gasteiger partial charge is 0.383 e. The van der Waals surface area contributed by atoms with E-state index in [-0.39, 0.29) is 6.03 Å². The summed E-state index contributed by atoms with van der Waals surface area (Å²) in [6.07, 6.45) is 0. The number of hydrogen-bond donors (Lipinski definition) is 1. The van der Waals surface area contributed by atoms with Crippen LogP contribution in [0.4, 0.5) is 4.79 Å². The Hall–Kier alpha value is -3.09. The fraction of sp³-hybridized carbons (Fsp3) is 0.240. The highest BCUT2D eigenvalue weighted by molar-refractivity contribution is 7.13. The van der Waals surface area contributed by atoms with Crippen molar-refractivity contribution in [3.63, 3.8) is 0 Å². The number of benzene rings is 2. The summed E-state index contributed by atoms with van der Waals surface area (Å²) in [5, 5.41) is 6.33. The summed E-state index contributed by atoms with van der Waals surface area (Å²) >= 11 is 1.72. The smallest absolute Gasteiger partial charge is 0.318 e. The van der Waals surface area contributed by atoms with Crippen molar-refractivity contribution in [2.45, 2.75) is 13.1 Å². The molecule has 2 heterocycles. The Labute approximate surface area is 186 Å². The van der Waals surface area contributed by atoms with Crippen LogP contribution in [0.15, 0.2) is 72.1 Å². The zero-order valence-corrected chi connectivity index (χ0v) is 18.7. The Morgan fingerprint density at radius 2 is 1.84 bits per heavy atom. The SMILES string of the molecule is COCCN(Cc1c(-c2cccs2)n(C)c2ccccc12)C(=O)NCc1ccccc1. The highest BCUT2D eigenvalue weighted by Gasteiger charge is 2.22. The van der Waals surface area contributed by atoms with Crippen molar-refractivity contribution in [2.75, 3.05) is 20.3 Å². The van der Waals surface area contributed by atoms with E-state index in [1.54, 1.807) is 18.4 Å². The van der Waals surface area contributed by atoms with E-state index < -0.39 is 0 Å². The van der Waals surface area contributed by atoms with Crippen molar-refractivity contribution in [3.05, 3.63) is 83.2 Å². The van der Waals surface area contributed by atoms with Gasteiger partial charge in [-0.2, -0.15) is 0 Å². The van der Waals surface area contributed by atoms with E-state index in [0.717, 1.165) is 22.3 Å². The number of thiophene rings is 1.